The summed E-state index contributed by atoms with van der Waals surface area (Å²) in [6.07, 6.45) is 4.96. The third-order valence-electron chi connectivity index (χ3n) is 4.19. The summed E-state index contributed by atoms with van der Waals surface area (Å²) in [6, 6.07) is -0.849. The smallest absolute Gasteiger partial charge is 0.326 e. The van der Waals surface area contributed by atoms with E-state index in [-0.39, 0.29) is 18.0 Å². The second-order valence-electron chi connectivity index (χ2n) is 6.41. The maximum absolute atomic E-state index is 12.2. The highest BCUT2D eigenvalue weighted by Crippen LogP contribution is 2.27. The van der Waals surface area contributed by atoms with E-state index in [4.69, 9.17) is 0 Å². The highest BCUT2D eigenvalue weighted by molar-refractivity contribution is 5.82. The molecule has 1 saturated carbocycles. The zero-order valence-electron chi connectivity index (χ0n) is 13.1. The number of hydrogen-bond acceptors (Lipinski definition) is 2. The first-order chi connectivity index (χ1) is 9.32. The summed E-state index contributed by atoms with van der Waals surface area (Å²) in [6.45, 7) is 6.07. The number of carboxylic acids is 1. The van der Waals surface area contributed by atoms with Gasteiger partial charge in [-0.1, -0.05) is 33.6 Å². The van der Waals surface area contributed by atoms with E-state index in [0.717, 1.165) is 19.3 Å². The molecule has 0 radical (unpaired) electrons. The van der Waals surface area contributed by atoms with E-state index in [9.17, 15) is 14.7 Å². The van der Waals surface area contributed by atoms with Crippen molar-refractivity contribution in [3.05, 3.63) is 0 Å². The molecule has 2 amide bonds. The van der Waals surface area contributed by atoms with Gasteiger partial charge in [-0.15, -0.1) is 0 Å². The summed E-state index contributed by atoms with van der Waals surface area (Å²) in [4.78, 5) is 25.1. The number of aliphatic carboxylic acids is 1. The van der Waals surface area contributed by atoms with E-state index in [0.29, 0.717) is 12.3 Å². The van der Waals surface area contributed by atoms with E-state index < -0.39 is 12.0 Å². The molecule has 0 heterocycles. The zero-order chi connectivity index (χ0) is 15.3. The van der Waals surface area contributed by atoms with Crippen LogP contribution in [0, 0.1) is 11.8 Å². The van der Waals surface area contributed by atoms with Gasteiger partial charge in [0.25, 0.3) is 0 Å². The molecule has 0 aromatic heterocycles. The third kappa shape index (κ3) is 4.69. The lowest BCUT2D eigenvalue weighted by Crippen LogP contribution is -2.52. The Labute approximate surface area is 121 Å². The molecule has 3 unspecified atom stereocenters. The molecule has 0 aromatic carbocycles. The standard InChI is InChI=1S/C15H28N2O3/c1-10(2)9-12(14(18)19)16-15(20)17(4)13-8-6-5-7-11(13)3/h10-13H,5-9H2,1-4H3,(H,16,20)(H,18,19). The fourth-order valence-corrected chi connectivity index (χ4v) is 2.97. The van der Waals surface area contributed by atoms with Gasteiger partial charge in [-0.2, -0.15) is 0 Å². The van der Waals surface area contributed by atoms with Crippen molar-refractivity contribution < 1.29 is 14.7 Å². The van der Waals surface area contributed by atoms with Gasteiger partial charge in [-0.05, 0) is 31.1 Å². The van der Waals surface area contributed by atoms with Gasteiger partial charge in [0.15, 0.2) is 0 Å². The summed E-state index contributed by atoms with van der Waals surface area (Å²) in [5.41, 5.74) is 0. The quantitative estimate of drug-likeness (QED) is 0.815. The van der Waals surface area contributed by atoms with Gasteiger partial charge in [0.05, 0.1) is 0 Å². The minimum absolute atomic E-state index is 0.220. The molecule has 1 rings (SSSR count). The number of urea groups is 1. The Balaban J connectivity index is 2.60. The Morgan fingerprint density at radius 3 is 2.40 bits per heavy atom. The molecule has 0 spiro atoms. The molecule has 3 atom stereocenters. The molecule has 2 N–H and O–H groups in total. The molecule has 116 valence electrons. The maximum Gasteiger partial charge on any atom is 0.326 e. The number of carbonyl (C=O) groups excluding carboxylic acids is 1. The Kier molecular flexibility index (Phi) is 6.30. The van der Waals surface area contributed by atoms with E-state index in [1.165, 1.54) is 6.42 Å². The van der Waals surface area contributed by atoms with Crippen LogP contribution in [0.25, 0.3) is 0 Å². The van der Waals surface area contributed by atoms with Crippen LogP contribution in [0.5, 0.6) is 0 Å². The van der Waals surface area contributed by atoms with E-state index in [2.05, 4.69) is 12.2 Å². The number of nitrogens with one attached hydrogen (secondary N) is 1. The Morgan fingerprint density at radius 1 is 1.30 bits per heavy atom. The average molecular weight is 284 g/mol. The van der Waals surface area contributed by atoms with Crippen LogP contribution in [0.3, 0.4) is 0 Å². The van der Waals surface area contributed by atoms with E-state index in [1.54, 1.807) is 11.9 Å². The Morgan fingerprint density at radius 2 is 1.90 bits per heavy atom. The molecular formula is C15H28N2O3. The molecule has 0 aliphatic heterocycles. The van der Waals surface area contributed by atoms with Crippen LogP contribution in [-0.2, 0) is 4.79 Å². The number of carboxylic acid groups (broad SMARTS) is 1. The molecule has 1 aliphatic rings. The molecule has 1 fully saturated rings. The minimum atomic E-state index is -0.961. The van der Waals surface area contributed by atoms with Gasteiger partial charge in [-0.3, -0.25) is 0 Å². The molecule has 5 heteroatoms. The molecular weight excluding hydrogens is 256 g/mol. The van der Waals surface area contributed by atoms with Crippen molar-refractivity contribution in [1.82, 2.24) is 10.2 Å². The Hall–Kier alpha value is -1.26. The fraction of sp³-hybridized carbons (Fsp3) is 0.867. The normalized spacial score (nSPS) is 24.2. The van der Waals surface area contributed by atoms with Crippen LogP contribution in [0.1, 0.15) is 52.9 Å². The van der Waals surface area contributed by atoms with Crippen LogP contribution < -0.4 is 5.32 Å². The molecule has 0 bridgehead atoms. The second kappa shape index (κ2) is 7.50. The van der Waals surface area contributed by atoms with Crippen molar-refractivity contribution in [1.29, 1.82) is 0 Å². The Bertz CT molecular complexity index is 344. The van der Waals surface area contributed by atoms with Crippen molar-refractivity contribution in [3.8, 4) is 0 Å². The summed E-state index contributed by atoms with van der Waals surface area (Å²) >= 11 is 0. The highest BCUT2D eigenvalue weighted by atomic mass is 16.4. The van der Waals surface area contributed by atoms with Gasteiger partial charge in [0.1, 0.15) is 6.04 Å². The predicted molar refractivity (Wildman–Crippen MR) is 78.6 cm³/mol. The lowest BCUT2D eigenvalue weighted by molar-refractivity contribution is -0.139. The van der Waals surface area contributed by atoms with Gasteiger partial charge in [0.2, 0.25) is 0 Å². The monoisotopic (exact) mass is 284 g/mol. The molecule has 0 aromatic rings. The number of amides is 2. The first-order valence-electron chi connectivity index (χ1n) is 7.59. The van der Waals surface area contributed by atoms with Crippen LogP contribution in [0.2, 0.25) is 0 Å². The molecule has 0 saturated heterocycles. The molecule has 1 aliphatic carbocycles. The van der Waals surface area contributed by atoms with Crippen LogP contribution in [-0.4, -0.2) is 41.1 Å². The molecule has 5 nitrogen and oxygen atoms in total. The van der Waals surface area contributed by atoms with Gasteiger partial charge in [0, 0.05) is 13.1 Å². The maximum atomic E-state index is 12.2. The van der Waals surface area contributed by atoms with Crippen molar-refractivity contribution in [2.75, 3.05) is 7.05 Å². The zero-order valence-corrected chi connectivity index (χ0v) is 13.1. The van der Waals surface area contributed by atoms with Gasteiger partial charge >= 0.3 is 12.0 Å². The largest absolute Gasteiger partial charge is 0.480 e. The van der Waals surface area contributed by atoms with Crippen LogP contribution >= 0.6 is 0 Å². The van der Waals surface area contributed by atoms with Gasteiger partial charge in [-0.25, -0.2) is 9.59 Å². The first kappa shape index (κ1) is 16.8. The fourth-order valence-electron chi connectivity index (χ4n) is 2.97. The predicted octanol–water partition coefficient (Wildman–Crippen LogP) is 2.71. The number of hydrogen-bond donors (Lipinski definition) is 2. The topological polar surface area (TPSA) is 69.6 Å². The van der Waals surface area contributed by atoms with Crippen molar-refractivity contribution >= 4 is 12.0 Å². The SMILES string of the molecule is CC(C)CC(NC(=O)N(C)C1CCCCC1C)C(=O)O. The summed E-state index contributed by atoms with van der Waals surface area (Å²) in [5.74, 6) is -0.250. The van der Waals surface area contributed by atoms with Gasteiger partial charge < -0.3 is 15.3 Å². The number of nitrogens with zero attached hydrogens (tertiary/aromatic N) is 1. The summed E-state index contributed by atoms with van der Waals surface area (Å²) in [5, 5.41) is 11.8. The molecule has 20 heavy (non-hydrogen) atoms. The van der Waals surface area contributed by atoms with E-state index in [1.807, 2.05) is 13.8 Å². The van der Waals surface area contributed by atoms with Crippen molar-refractivity contribution in [2.24, 2.45) is 11.8 Å². The van der Waals surface area contributed by atoms with Crippen LogP contribution in [0.4, 0.5) is 4.79 Å². The summed E-state index contributed by atoms with van der Waals surface area (Å²) in [7, 11) is 1.77. The lowest BCUT2D eigenvalue weighted by Gasteiger charge is -2.36. The summed E-state index contributed by atoms with van der Waals surface area (Å²) < 4.78 is 0. The second-order valence-corrected chi connectivity index (χ2v) is 6.41. The third-order valence-corrected chi connectivity index (χ3v) is 4.19. The first-order valence-corrected chi connectivity index (χ1v) is 7.59. The van der Waals surface area contributed by atoms with Crippen molar-refractivity contribution in [2.45, 2.75) is 65.0 Å². The number of carbonyl (C=O) groups is 2. The van der Waals surface area contributed by atoms with E-state index >= 15 is 0 Å². The average Bonchev–Trinajstić information content (AvgIpc) is 2.37. The minimum Gasteiger partial charge on any atom is -0.480 e. The lowest BCUT2D eigenvalue weighted by atomic mass is 9.85. The number of rotatable bonds is 5. The van der Waals surface area contributed by atoms with Crippen molar-refractivity contribution in [3.63, 3.8) is 0 Å². The highest BCUT2D eigenvalue weighted by Gasteiger charge is 2.30. The van der Waals surface area contributed by atoms with Crippen LogP contribution in [0.15, 0.2) is 0 Å².